The van der Waals surface area contributed by atoms with Crippen LogP contribution in [-0.4, -0.2) is 23.3 Å². The lowest BCUT2D eigenvalue weighted by Crippen LogP contribution is -2.52. The summed E-state index contributed by atoms with van der Waals surface area (Å²) in [6.07, 6.45) is 0. The van der Waals surface area contributed by atoms with Gasteiger partial charge in [-0.25, -0.2) is 0 Å². The van der Waals surface area contributed by atoms with E-state index in [1.807, 2.05) is 0 Å². The van der Waals surface area contributed by atoms with Crippen LogP contribution in [-0.2, 0) is 0 Å². The summed E-state index contributed by atoms with van der Waals surface area (Å²) in [6, 6.07) is 0. The molecule has 0 spiro atoms. The first-order chi connectivity index (χ1) is 6.25. The van der Waals surface area contributed by atoms with Crippen LogP contribution in [0, 0.1) is 0 Å². The fourth-order valence-electron chi connectivity index (χ4n) is 0.986. The van der Waals surface area contributed by atoms with Gasteiger partial charge in [0.2, 0.25) is 0 Å². The van der Waals surface area contributed by atoms with Crippen molar-refractivity contribution in [3.8, 4) is 0 Å². The van der Waals surface area contributed by atoms with Gasteiger partial charge in [0.15, 0.2) is 16.6 Å². The van der Waals surface area contributed by atoms with Crippen LogP contribution in [0.2, 0.25) is 0 Å². The quantitative estimate of drug-likeness (QED) is 0.263. The molecule has 0 aromatic carbocycles. The Labute approximate surface area is 137 Å². The summed E-state index contributed by atoms with van der Waals surface area (Å²) in [6.45, 7) is -3.79. The van der Waals surface area contributed by atoms with E-state index in [0.29, 0.717) is 0 Å². The van der Waals surface area contributed by atoms with Gasteiger partial charge in [-0.3, -0.25) is 0 Å². The Balaban J connectivity index is 3.55. The van der Waals surface area contributed by atoms with E-state index in [-0.39, 0.29) is 0 Å². The van der Waals surface area contributed by atoms with E-state index < -0.39 is 23.3 Å². The lowest BCUT2D eigenvalue weighted by atomic mass is 10.3. The van der Waals surface area contributed by atoms with E-state index in [1.54, 1.807) is 0 Å². The first kappa shape index (κ1) is 16.2. The molecule has 0 nitrogen and oxygen atoms in total. The van der Waals surface area contributed by atoms with Crippen LogP contribution in [0.15, 0.2) is 0 Å². The zero-order chi connectivity index (χ0) is 12.5. The highest BCUT2D eigenvalue weighted by molar-refractivity contribution is 7.55. The number of alkyl halides is 8. The second-order valence-corrected chi connectivity index (χ2v) is 16.1. The van der Waals surface area contributed by atoms with Crippen molar-refractivity contribution in [2.24, 2.45) is 0 Å². The Morgan fingerprint density at radius 2 is 0.733 bits per heavy atom. The van der Waals surface area contributed by atoms with E-state index in [2.05, 4.69) is 0 Å². The van der Waals surface area contributed by atoms with E-state index in [0.717, 1.165) is 0 Å². The second kappa shape index (κ2) is 4.05. The molecular formula is C4Cl10Si. The molecule has 11 heteroatoms. The summed E-state index contributed by atoms with van der Waals surface area (Å²) in [7, 11) is 0. The number of rotatable bonds is 0. The van der Waals surface area contributed by atoms with Crippen molar-refractivity contribution in [3.05, 3.63) is 0 Å². The number of halogens is 10. The van der Waals surface area contributed by atoms with Crippen LogP contribution in [0.3, 0.4) is 0 Å². The monoisotopic (exact) mass is 426 g/mol. The first-order valence-corrected chi connectivity index (χ1v) is 10.2. The molecule has 1 aliphatic rings. The fourth-order valence-corrected chi connectivity index (χ4v) is 11.2. The molecule has 0 bridgehead atoms. The summed E-state index contributed by atoms with van der Waals surface area (Å²) in [4.78, 5) is 0. The highest BCUT2D eigenvalue weighted by Crippen LogP contribution is 2.75. The van der Waals surface area contributed by atoms with Gasteiger partial charge in [-0.05, 0) is 0 Å². The zero-order valence-corrected chi connectivity index (χ0v) is 14.8. The van der Waals surface area contributed by atoms with Crippen molar-refractivity contribution in [1.82, 2.24) is 0 Å². The van der Waals surface area contributed by atoms with E-state index in [1.165, 1.54) is 0 Å². The van der Waals surface area contributed by atoms with Crippen LogP contribution < -0.4 is 0 Å². The lowest BCUT2D eigenvalue weighted by Gasteiger charge is -2.33. The molecule has 1 saturated heterocycles. The van der Waals surface area contributed by atoms with Crippen LogP contribution in [0.25, 0.3) is 0 Å². The van der Waals surface area contributed by atoms with Crippen LogP contribution in [0.4, 0.5) is 0 Å². The normalized spacial score (nSPS) is 34.0. The SMILES string of the molecule is ClC1(Cl)C(Cl)(Cl)C(Cl)(Cl)[Si](Cl)(Cl)C1(Cl)Cl. The van der Waals surface area contributed by atoms with Crippen molar-refractivity contribution in [2.45, 2.75) is 16.6 Å². The zero-order valence-electron chi connectivity index (χ0n) is 6.28. The molecule has 0 aromatic rings. The molecule has 1 aliphatic heterocycles. The van der Waals surface area contributed by atoms with E-state index in [4.69, 9.17) is 115 Å². The highest BCUT2D eigenvalue weighted by atomic mass is 35.7. The molecule has 0 aromatic heterocycles. The molecule has 0 amide bonds. The Bertz CT molecular complexity index is 202. The maximum atomic E-state index is 5.96. The molecule has 0 aliphatic carbocycles. The Hall–Kier alpha value is 3.12. The molecule has 0 radical (unpaired) electrons. The molecule has 0 atom stereocenters. The predicted octanol–water partition coefficient (Wildman–Crippen LogP) is 5.69. The molecule has 90 valence electrons. The largest absolute Gasteiger partial charge is 0.327 e. The van der Waals surface area contributed by atoms with E-state index >= 15 is 0 Å². The summed E-state index contributed by atoms with van der Waals surface area (Å²) in [5.74, 6) is 0. The standard InChI is InChI=1S/C4Cl10Si/c5-1(6)2(7,8)4(11,12)15(13,14)3(1,9)10. The number of hydrogen-bond donors (Lipinski definition) is 0. The van der Waals surface area contributed by atoms with Gasteiger partial charge < -0.3 is 0 Å². The third-order valence-electron chi connectivity index (χ3n) is 1.97. The van der Waals surface area contributed by atoms with Crippen molar-refractivity contribution < 1.29 is 0 Å². The average molecular weight is 431 g/mol. The minimum Gasteiger partial charge on any atom is -0.139 e. The minimum atomic E-state index is -3.79. The Morgan fingerprint density at radius 1 is 0.533 bits per heavy atom. The van der Waals surface area contributed by atoms with Gasteiger partial charge >= 0.3 is 6.69 Å². The lowest BCUT2D eigenvalue weighted by molar-refractivity contribution is 0.724. The van der Waals surface area contributed by atoms with Gasteiger partial charge in [0.05, 0.1) is 0 Å². The molecule has 1 heterocycles. The Morgan fingerprint density at radius 3 is 0.800 bits per heavy atom. The first-order valence-electron chi connectivity index (χ1n) is 3.14. The molecule has 15 heavy (non-hydrogen) atoms. The van der Waals surface area contributed by atoms with Crippen molar-refractivity contribution in [1.29, 1.82) is 0 Å². The van der Waals surface area contributed by atoms with Gasteiger partial charge in [0.25, 0.3) is 0 Å². The third-order valence-corrected chi connectivity index (χ3v) is 18.6. The highest BCUT2D eigenvalue weighted by Gasteiger charge is 2.89. The molecule has 0 unspecified atom stereocenters. The molecule has 0 saturated carbocycles. The minimum absolute atomic E-state index is 2.03. The van der Waals surface area contributed by atoms with Gasteiger partial charge in [-0.15, -0.1) is 22.2 Å². The van der Waals surface area contributed by atoms with Crippen LogP contribution >= 0.6 is 115 Å². The predicted molar refractivity (Wildman–Crippen MR) is 75.2 cm³/mol. The molecule has 0 N–H and O–H groups in total. The fraction of sp³-hybridized carbons (Fsp3) is 1.00. The second-order valence-electron chi connectivity index (χ2n) is 2.87. The topological polar surface area (TPSA) is 0 Å². The van der Waals surface area contributed by atoms with Crippen molar-refractivity contribution in [2.75, 3.05) is 0 Å². The summed E-state index contributed by atoms with van der Waals surface area (Å²) in [5.41, 5.74) is 0. The van der Waals surface area contributed by atoms with Gasteiger partial charge in [0.1, 0.15) is 0 Å². The molecular weight excluding hydrogens is 431 g/mol. The van der Waals surface area contributed by atoms with Gasteiger partial charge in [-0.1, -0.05) is 92.8 Å². The molecule has 1 fully saturated rings. The maximum absolute atomic E-state index is 5.96. The molecule has 1 rings (SSSR count). The third kappa shape index (κ3) is 1.69. The van der Waals surface area contributed by atoms with Crippen LogP contribution in [0.1, 0.15) is 0 Å². The van der Waals surface area contributed by atoms with E-state index in [9.17, 15) is 0 Å². The smallest absolute Gasteiger partial charge is 0.139 e. The maximum Gasteiger partial charge on any atom is 0.327 e. The summed E-state index contributed by atoms with van der Waals surface area (Å²) < 4.78 is -8.27. The average Bonchev–Trinajstić information content (AvgIpc) is 2.04. The van der Waals surface area contributed by atoms with Crippen molar-refractivity contribution >= 4 is 122 Å². The number of hydrogen-bond acceptors (Lipinski definition) is 0. The van der Waals surface area contributed by atoms with Gasteiger partial charge in [-0.2, -0.15) is 0 Å². The Kier molecular flexibility index (Phi) is 4.37. The van der Waals surface area contributed by atoms with Crippen LogP contribution in [0.5, 0.6) is 0 Å². The summed E-state index contributed by atoms with van der Waals surface area (Å²) >= 11 is 58.9. The van der Waals surface area contributed by atoms with Gasteiger partial charge in [0, 0.05) is 0 Å². The van der Waals surface area contributed by atoms with Crippen molar-refractivity contribution in [3.63, 3.8) is 0 Å². The summed E-state index contributed by atoms with van der Waals surface area (Å²) in [5, 5.41) is 0.